The zero-order chi connectivity index (χ0) is 10.5. The quantitative estimate of drug-likeness (QED) is 0.741. The summed E-state index contributed by atoms with van der Waals surface area (Å²) < 4.78 is 0. The highest BCUT2D eigenvalue weighted by molar-refractivity contribution is 5.14. The van der Waals surface area contributed by atoms with Gasteiger partial charge in [-0.3, -0.25) is 0 Å². The first kappa shape index (κ1) is 10.7. The lowest BCUT2D eigenvalue weighted by molar-refractivity contribution is 0.161. The van der Waals surface area contributed by atoms with Gasteiger partial charge in [0.25, 0.3) is 0 Å². The van der Waals surface area contributed by atoms with Crippen LogP contribution >= 0.6 is 0 Å². The third kappa shape index (κ3) is 4.02. The molecule has 0 bridgehead atoms. The zero-order valence-corrected chi connectivity index (χ0v) is 9.02. The molecule has 1 aliphatic carbocycles. The van der Waals surface area contributed by atoms with Crippen LogP contribution in [0.5, 0.6) is 0 Å². The summed E-state index contributed by atoms with van der Waals surface area (Å²) >= 11 is 0. The van der Waals surface area contributed by atoms with Gasteiger partial charge in [0.1, 0.15) is 0 Å². The molecule has 1 fully saturated rings. The Morgan fingerprint density at radius 2 is 2.00 bits per heavy atom. The summed E-state index contributed by atoms with van der Waals surface area (Å²) in [6.45, 7) is 0.748. The molecule has 0 aliphatic heterocycles. The van der Waals surface area contributed by atoms with Crippen LogP contribution in [0, 0.1) is 0 Å². The molecule has 2 nitrogen and oxygen atoms in total. The Morgan fingerprint density at radius 1 is 1.27 bits per heavy atom. The molecule has 1 aliphatic rings. The average molecular weight is 205 g/mol. The molecule has 0 spiro atoms. The minimum Gasteiger partial charge on any atom is -0.392 e. The lowest BCUT2D eigenvalue weighted by atomic mass is 10.1. The lowest BCUT2D eigenvalue weighted by Gasteiger charge is -2.11. The Kier molecular flexibility index (Phi) is 3.75. The summed E-state index contributed by atoms with van der Waals surface area (Å²) in [5.74, 6) is 0. The van der Waals surface area contributed by atoms with Gasteiger partial charge in [-0.15, -0.1) is 0 Å². The van der Waals surface area contributed by atoms with Crippen LogP contribution in [0.2, 0.25) is 0 Å². The Bertz CT molecular complexity index is 282. The molecule has 0 unspecified atom stereocenters. The Hall–Kier alpha value is -0.860. The van der Waals surface area contributed by atoms with Gasteiger partial charge in [0.2, 0.25) is 0 Å². The van der Waals surface area contributed by atoms with Gasteiger partial charge in [-0.25, -0.2) is 0 Å². The van der Waals surface area contributed by atoms with E-state index in [2.05, 4.69) is 17.4 Å². The van der Waals surface area contributed by atoms with E-state index in [-0.39, 0.29) is 6.10 Å². The Labute approximate surface area is 91.3 Å². The molecule has 0 radical (unpaired) electrons. The van der Waals surface area contributed by atoms with Crippen molar-refractivity contribution in [3.05, 3.63) is 35.9 Å². The van der Waals surface area contributed by atoms with Gasteiger partial charge in [0, 0.05) is 12.6 Å². The molecule has 82 valence electrons. The fourth-order valence-corrected chi connectivity index (χ4v) is 1.67. The number of aryl methyl sites for hydroxylation is 1. The minimum absolute atomic E-state index is 0.203. The van der Waals surface area contributed by atoms with Crippen LogP contribution in [0.4, 0.5) is 0 Å². The molecule has 0 aromatic heterocycles. The fraction of sp³-hybridized carbons (Fsp3) is 0.538. The number of aliphatic hydroxyl groups excluding tert-OH is 1. The second-order valence-corrected chi connectivity index (χ2v) is 4.36. The molecule has 1 atom stereocenters. The molecular weight excluding hydrogens is 186 g/mol. The van der Waals surface area contributed by atoms with Crippen molar-refractivity contribution in [2.75, 3.05) is 6.54 Å². The highest BCUT2D eigenvalue weighted by Gasteiger charge is 2.21. The summed E-state index contributed by atoms with van der Waals surface area (Å²) in [4.78, 5) is 0. The first-order valence-corrected chi connectivity index (χ1v) is 5.80. The topological polar surface area (TPSA) is 32.3 Å². The number of rotatable bonds is 6. The van der Waals surface area contributed by atoms with E-state index in [1.807, 2.05) is 18.2 Å². The van der Waals surface area contributed by atoms with E-state index in [1.54, 1.807) is 0 Å². The van der Waals surface area contributed by atoms with Crippen LogP contribution in [0.15, 0.2) is 30.3 Å². The van der Waals surface area contributed by atoms with Crippen LogP contribution in [0.3, 0.4) is 0 Å². The molecular formula is C13H19NO. The van der Waals surface area contributed by atoms with E-state index < -0.39 is 0 Å². The van der Waals surface area contributed by atoms with E-state index in [0.29, 0.717) is 6.04 Å². The molecule has 2 heteroatoms. The third-order valence-electron chi connectivity index (χ3n) is 2.83. The molecule has 0 saturated heterocycles. The first-order valence-electron chi connectivity index (χ1n) is 5.80. The van der Waals surface area contributed by atoms with E-state index >= 15 is 0 Å². The highest BCUT2D eigenvalue weighted by Crippen LogP contribution is 2.18. The summed E-state index contributed by atoms with van der Waals surface area (Å²) in [5.41, 5.74) is 1.31. The monoisotopic (exact) mass is 205 g/mol. The molecule has 1 aromatic rings. The number of nitrogens with one attached hydrogen (secondary N) is 1. The predicted octanol–water partition coefficient (Wildman–Crippen LogP) is 1.73. The van der Waals surface area contributed by atoms with Crippen LogP contribution in [0.25, 0.3) is 0 Å². The summed E-state index contributed by atoms with van der Waals surface area (Å²) in [6.07, 6.45) is 4.18. The summed E-state index contributed by atoms with van der Waals surface area (Å²) in [5, 5.41) is 13.1. The van der Waals surface area contributed by atoms with Gasteiger partial charge >= 0.3 is 0 Å². The van der Waals surface area contributed by atoms with Crippen molar-refractivity contribution in [2.45, 2.75) is 37.8 Å². The maximum Gasteiger partial charge on any atom is 0.0667 e. The van der Waals surface area contributed by atoms with E-state index in [1.165, 1.54) is 18.4 Å². The van der Waals surface area contributed by atoms with Gasteiger partial charge in [0.05, 0.1) is 6.10 Å². The second-order valence-electron chi connectivity index (χ2n) is 4.36. The number of benzene rings is 1. The van der Waals surface area contributed by atoms with E-state index in [4.69, 9.17) is 0 Å². The summed E-state index contributed by atoms with van der Waals surface area (Å²) in [7, 11) is 0. The van der Waals surface area contributed by atoms with E-state index in [0.717, 1.165) is 19.4 Å². The van der Waals surface area contributed by atoms with Gasteiger partial charge in [-0.05, 0) is 31.2 Å². The normalized spacial score (nSPS) is 17.7. The lowest BCUT2D eigenvalue weighted by Crippen LogP contribution is -2.28. The average Bonchev–Trinajstić information content (AvgIpc) is 3.09. The van der Waals surface area contributed by atoms with Gasteiger partial charge in [0.15, 0.2) is 0 Å². The molecule has 0 heterocycles. The van der Waals surface area contributed by atoms with Crippen molar-refractivity contribution in [3.8, 4) is 0 Å². The molecule has 1 saturated carbocycles. The number of hydrogen-bond acceptors (Lipinski definition) is 2. The van der Waals surface area contributed by atoms with Crippen molar-refractivity contribution < 1.29 is 5.11 Å². The molecule has 0 amide bonds. The van der Waals surface area contributed by atoms with Crippen LogP contribution in [-0.4, -0.2) is 23.8 Å². The smallest absolute Gasteiger partial charge is 0.0667 e. The van der Waals surface area contributed by atoms with E-state index in [9.17, 15) is 5.11 Å². The maximum atomic E-state index is 9.72. The second kappa shape index (κ2) is 5.29. The maximum absolute atomic E-state index is 9.72. The minimum atomic E-state index is -0.203. The van der Waals surface area contributed by atoms with Crippen molar-refractivity contribution >= 4 is 0 Å². The van der Waals surface area contributed by atoms with Crippen LogP contribution < -0.4 is 5.32 Å². The molecule has 15 heavy (non-hydrogen) atoms. The van der Waals surface area contributed by atoms with Gasteiger partial charge in [-0.1, -0.05) is 30.3 Å². The SMILES string of the molecule is O[C@H](CCc1ccccc1)CNC1CC1. The number of hydrogen-bond donors (Lipinski definition) is 2. The van der Waals surface area contributed by atoms with Crippen LogP contribution in [-0.2, 0) is 6.42 Å². The molecule has 2 rings (SSSR count). The Balaban J connectivity index is 1.63. The van der Waals surface area contributed by atoms with Crippen molar-refractivity contribution in [2.24, 2.45) is 0 Å². The van der Waals surface area contributed by atoms with Crippen molar-refractivity contribution in [3.63, 3.8) is 0 Å². The van der Waals surface area contributed by atoms with Crippen molar-refractivity contribution in [1.82, 2.24) is 5.32 Å². The standard InChI is InChI=1S/C13H19NO/c15-13(10-14-12-7-8-12)9-6-11-4-2-1-3-5-11/h1-5,12-15H,6-10H2/t13-/m1/s1. The fourth-order valence-electron chi connectivity index (χ4n) is 1.67. The molecule has 1 aromatic carbocycles. The first-order chi connectivity index (χ1) is 7.34. The molecule has 2 N–H and O–H groups in total. The third-order valence-corrected chi connectivity index (χ3v) is 2.83. The predicted molar refractivity (Wildman–Crippen MR) is 61.8 cm³/mol. The number of aliphatic hydroxyl groups is 1. The highest BCUT2D eigenvalue weighted by atomic mass is 16.3. The zero-order valence-electron chi connectivity index (χ0n) is 9.02. The largest absolute Gasteiger partial charge is 0.392 e. The summed E-state index contributed by atoms with van der Waals surface area (Å²) in [6, 6.07) is 11.0. The Morgan fingerprint density at radius 3 is 2.67 bits per heavy atom. The van der Waals surface area contributed by atoms with Gasteiger partial charge in [-0.2, -0.15) is 0 Å². The van der Waals surface area contributed by atoms with Crippen LogP contribution in [0.1, 0.15) is 24.8 Å². The van der Waals surface area contributed by atoms with Gasteiger partial charge < -0.3 is 10.4 Å². The van der Waals surface area contributed by atoms with Crippen molar-refractivity contribution in [1.29, 1.82) is 0 Å².